The van der Waals surface area contributed by atoms with Crippen LogP contribution in [-0.2, 0) is 29.0 Å². The second-order valence-corrected chi connectivity index (χ2v) is 8.90. The summed E-state index contributed by atoms with van der Waals surface area (Å²) in [7, 11) is 0. The Kier molecular flexibility index (Phi) is 8.57. The lowest BCUT2D eigenvalue weighted by Gasteiger charge is -2.22. The molecule has 0 aromatic heterocycles. The molecule has 0 saturated carbocycles. The number of ether oxygens (including phenoxy) is 2. The van der Waals surface area contributed by atoms with Crippen molar-refractivity contribution < 1.29 is 9.47 Å². The van der Waals surface area contributed by atoms with Crippen molar-refractivity contribution in [3.63, 3.8) is 0 Å². The summed E-state index contributed by atoms with van der Waals surface area (Å²) in [4.78, 5) is 7.40. The number of rotatable bonds is 8. The third-order valence-electron chi connectivity index (χ3n) is 6.34. The van der Waals surface area contributed by atoms with Gasteiger partial charge < -0.3 is 19.7 Å². The van der Waals surface area contributed by atoms with E-state index in [-0.39, 0.29) is 0 Å². The summed E-state index contributed by atoms with van der Waals surface area (Å²) in [5, 5.41) is 3.50. The molecule has 2 aliphatic heterocycles. The molecular weight excluding hydrogens is 398 g/mol. The molecule has 172 valence electrons. The second-order valence-electron chi connectivity index (χ2n) is 8.90. The predicted molar refractivity (Wildman–Crippen MR) is 130 cm³/mol. The van der Waals surface area contributed by atoms with Gasteiger partial charge in [-0.25, -0.2) is 4.99 Å². The molecule has 4 rings (SSSR count). The van der Waals surface area contributed by atoms with E-state index in [2.05, 4.69) is 71.7 Å². The fourth-order valence-corrected chi connectivity index (χ4v) is 4.61. The van der Waals surface area contributed by atoms with Crippen molar-refractivity contribution in [3.05, 3.63) is 71.3 Å². The molecule has 1 unspecified atom stereocenters. The highest BCUT2D eigenvalue weighted by Gasteiger charge is 2.25. The second kappa shape index (κ2) is 12.0. The maximum Gasteiger partial charge on any atom is 0.194 e. The molecule has 0 aliphatic carbocycles. The van der Waals surface area contributed by atoms with Crippen molar-refractivity contribution in [2.45, 2.75) is 51.9 Å². The summed E-state index contributed by atoms with van der Waals surface area (Å²) in [6.07, 6.45) is 4.68. The van der Waals surface area contributed by atoms with E-state index in [0.717, 1.165) is 58.1 Å². The molecule has 5 heteroatoms. The zero-order chi connectivity index (χ0) is 22.0. The van der Waals surface area contributed by atoms with Gasteiger partial charge >= 0.3 is 0 Å². The number of nitrogens with zero attached hydrogens (tertiary/aromatic N) is 2. The third kappa shape index (κ3) is 6.81. The van der Waals surface area contributed by atoms with Gasteiger partial charge in [-0.15, -0.1) is 0 Å². The predicted octanol–water partition coefficient (Wildman–Crippen LogP) is 4.41. The maximum absolute atomic E-state index is 6.09. The third-order valence-corrected chi connectivity index (χ3v) is 6.34. The summed E-state index contributed by atoms with van der Waals surface area (Å²) in [6.45, 7) is 8.15. The van der Waals surface area contributed by atoms with Gasteiger partial charge in [0.05, 0.1) is 19.3 Å². The van der Waals surface area contributed by atoms with Crippen molar-refractivity contribution in [2.75, 3.05) is 32.8 Å². The van der Waals surface area contributed by atoms with Crippen LogP contribution in [0.3, 0.4) is 0 Å². The van der Waals surface area contributed by atoms with Gasteiger partial charge in [-0.05, 0) is 55.2 Å². The average Bonchev–Trinajstić information content (AvgIpc) is 3.30. The molecule has 2 heterocycles. The minimum atomic E-state index is 0.324. The van der Waals surface area contributed by atoms with Crippen LogP contribution < -0.4 is 5.32 Å². The lowest BCUT2D eigenvalue weighted by atomic mass is 9.99. The van der Waals surface area contributed by atoms with Crippen LogP contribution in [0.2, 0.25) is 0 Å². The number of guanidine groups is 1. The molecule has 0 bridgehead atoms. The Hall–Kier alpha value is -2.37. The molecule has 32 heavy (non-hydrogen) atoms. The Morgan fingerprint density at radius 3 is 2.62 bits per heavy atom. The van der Waals surface area contributed by atoms with E-state index in [1.54, 1.807) is 0 Å². The Bertz CT molecular complexity index is 849. The first-order chi connectivity index (χ1) is 15.8. The fraction of sp³-hybridized carbons (Fsp3) is 0.519. The topological polar surface area (TPSA) is 46.1 Å². The first-order valence-electron chi connectivity index (χ1n) is 12.1. The lowest BCUT2D eigenvalue weighted by Crippen LogP contribution is -2.40. The van der Waals surface area contributed by atoms with Gasteiger partial charge in [-0.2, -0.15) is 0 Å². The number of benzene rings is 2. The number of aliphatic imine (C=N–C) groups is 1. The Morgan fingerprint density at radius 2 is 1.81 bits per heavy atom. The van der Waals surface area contributed by atoms with E-state index < -0.39 is 0 Å². The largest absolute Gasteiger partial charge is 0.381 e. The molecule has 2 fully saturated rings. The van der Waals surface area contributed by atoms with Gasteiger partial charge in [0.1, 0.15) is 0 Å². The summed E-state index contributed by atoms with van der Waals surface area (Å²) < 4.78 is 11.5. The first kappa shape index (κ1) is 22.8. The Labute approximate surface area is 192 Å². The Balaban J connectivity index is 1.32. The van der Waals surface area contributed by atoms with E-state index in [9.17, 15) is 0 Å². The normalized spacial score (nSPS) is 20.0. The van der Waals surface area contributed by atoms with Crippen LogP contribution in [0.15, 0.2) is 59.6 Å². The smallest absolute Gasteiger partial charge is 0.194 e. The molecule has 0 spiro atoms. The van der Waals surface area contributed by atoms with Crippen molar-refractivity contribution in [1.82, 2.24) is 10.2 Å². The van der Waals surface area contributed by atoms with Gasteiger partial charge in [0.25, 0.3) is 0 Å². The quantitative estimate of drug-likeness (QED) is 0.493. The summed E-state index contributed by atoms with van der Waals surface area (Å²) in [6, 6.07) is 19.5. The highest BCUT2D eigenvalue weighted by molar-refractivity contribution is 5.80. The van der Waals surface area contributed by atoms with Gasteiger partial charge in [-0.1, -0.05) is 54.6 Å². The maximum atomic E-state index is 6.09. The monoisotopic (exact) mass is 435 g/mol. The fourth-order valence-electron chi connectivity index (χ4n) is 4.61. The molecule has 2 aromatic rings. The van der Waals surface area contributed by atoms with Gasteiger partial charge in [-0.3, -0.25) is 0 Å². The minimum Gasteiger partial charge on any atom is -0.381 e. The number of likely N-dealkylation sites (tertiary alicyclic amines) is 1. The van der Waals surface area contributed by atoms with Gasteiger partial charge in [0, 0.05) is 32.8 Å². The van der Waals surface area contributed by atoms with Crippen molar-refractivity contribution in [2.24, 2.45) is 10.9 Å². The number of nitrogens with one attached hydrogen (secondary N) is 1. The van der Waals surface area contributed by atoms with Crippen LogP contribution in [0.4, 0.5) is 0 Å². The van der Waals surface area contributed by atoms with Crippen molar-refractivity contribution in [1.29, 1.82) is 0 Å². The average molecular weight is 436 g/mol. The van der Waals surface area contributed by atoms with Crippen LogP contribution in [-0.4, -0.2) is 49.8 Å². The van der Waals surface area contributed by atoms with Crippen LogP contribution in [0.25, 0.3) is 0 Å². The van der Waals surface area contributed by atoms with Crippen molar-refractivity contribution >= 4 is 5.96 Å². The Morgan fingerprint density at radius 1 is 1.03 bits per heavy atom. The van der Waals surface area contributed by atoms with E-state index in [0.29, 0.717) is 25.2 Å². The summed E-state index contributed by atoms with van der Waals surface area (Å²) >= 11 is 0. The molecule has 0 radical (unpaired) electrons. The van der Waals surface area contributed by atoms with Gasteiger partial charge in [0.15, 0.2) is 5.96 Å². The van der Waals surface area contributed by atoms with Crippen molar-refractivity contribution in [3.8, 4) is 0 Å². The molecule has 1 atom stereocenters. The summed E-state index contributed by atoms with van der Waals surface area (Å²) in [5.74, 6) is 1.72. The highest BCUT2D eigenvalue weighted by Crippen LogP contribution is 2.21. The standard InChI is InChI=1S/C27H37N3O2/c1-2-28-27(30-14-11-24(20-30)17-22-7-4-3-5-8-22)29-19-23-9-6-10-25(18-23)21-32-26-12-15-31-16-13-26/h3-10,18,24,26H,2,11-17,19-21H2,1H3,(H,28,29). The SMILES string of the molecule is CCNC(=NCc1cccc(COC2CCOCC2)c1)N1CCC(Cc2ccccc2)C1. The minimum absolute atomic E-state index is 0.324. The molecular formula is C27H37N3O2. The van der Waals surface area contributed by atoms with E-state index in [4.69, 9.17) is 14.5 Å². The molecule has 2 aromatic carbocycles. The number of hydrogen-bond acceptors (Lipinski definition) is 3. The zero-order valence-corrected chi connectivity index (χ0v) is 19.3. The summed E-state index contributed by atoms with van der Waals surface area (Å²) in [5.41, 5.74) is 3.88. The number of hydrogen-bond donors (Lipinski definition) is 1. The highest BCUT2D eigenvalue weighted by atomic mass is 16.5. The molecule has 2 saturated heterocycles. The van der Waals surface area contributed by atoms with Crippen LogP contribution in [0.5, 0.6) is 0 Å². The van der Waals surface area contributed by atoms with Crippen LogP contribution in [0, 0.1) is 5.92 Å². The first-order valence-corrected chi connectivity index (χ1v) is 12.1. The molecule has 1 N–H and O–H groups in total. The van der Waals surface area contributed by atoms with Crippen LogP contribution >= 0.6 is 0 Å². The van der Waals surface area contributed by atoms with E-state index in [1.165, 1.54) is 23.1 Å². The van der Waals surface area contributed by atoms with Crippen LogP contribution in [0.1, 0.15) is 42.9 Å². The molecule has 2 aliphatic rings. The van der Waals surface area contributed by atoms with E-state index >= 15 is 0 Å². The molecule has 0 amide bonds. The van der Waals surface area contributed by atoms with E-state index in [1.807, 2.05) is 0 Å². The zero-order valence-electron chi connectivity index (χ0n) is 19.3. The molecule has 5 nitrogen and oxygen atoms in total. The lowest BCUT2D eigenvalue weighted by molar-refractivity contribution is -0.0390. The van der Waals surface area contributed by atoms with Gasteiger partial charge in [0.2, 0.25) is 0 Å².